The predicted molar refractivity (Wildman–Crippen MR) is 118 cm³/mol. The maximum atomic E-state index is 13.8. The average molecular weight is 452 g/mol. The van der Waals surface area contributed by atoms with Crippen LogP contribution in [0.1, 0.15) is 38.5 Å². The fourth-order valence-corrected chi connectivity index (χ4v) is 6.23. The maximum absolute atomic E-state index is 13.8. The van der Waals surface area contributed by atoms with Gasteiger partial charge in [-0.3, -0.25) is 0 Å². The largest absolute Gasteiger partial charge is 0.507 e. The highest BCUT2D eigenvalue weighted by Crippen LogP contribution is 2.56. The molecule has 5 rings (SSSR count). The predicted octanol–water partition coefficient (Wildman–Crippen LogP) is 3.85. The van der Waals surface area contributed by atoms with Gasteiger partial charge < -0.3 is 14.6 Å². The Kier molecular flexibility index (Phi) is 4.46. The molecule has 0 spiro atoms. The van der Waals surface area contributed by atoms with Crippen LogP contribution in [0.2, 0.25) is 0 Å². The number of carbonyl (C=O) groups is 1. The summed E-state index contributed by atoms with van der Waals surface area (Å²) in [4.78, 5) is 12.7. The quantitative estimate of drug-likeness (QED) is 0.608. The van der Waals surface area contributed by atoms with Crippen LogP contribution < -0.4 is 9.04 Å². The zero-order valence-corrected chi connectivity index (χ0v) is 18.5. The normalized spacial score (nSPS) is 18.5. The molecule has 3 aromatic carbocycles. The number of esters is 1. The summed E-state index contributed by atoms with van der Waals surface area (Å²) in [5.74, 6) is -1.21. The molecule has 0 saturated carbocycles. The van der Waals surface area contributed by atoms with Gasteiger partial charge in [-0.1, -0.05) is 35.9 Å². The highest BCUT2D eigenvalue weighted by molar-refractivity contribution is 7.92. The Hall–Kier alpha value is -3.52. The van der Waals surface area contributed by atoms with Gasteiger partial charge in [-0.25, -0.2) is 17.5 Å². The third-order valence-corrected chi connectivity index (χ3v) is 7.83. The number of sulfonamides is 1. The highest BCUT2D eigenvalue weighted by atomic mass is 32.2. The van der Waals surface area contributed by atoms with Crippen molar-refractivity contribution in [1.29, 1.82) is 0 Å². The SMILES string of the molecule is COC(=O)c1c(O)ccc2c1[C@H]1c3cccc(C)c3N(S(=O)(=O)c3ccc(C)cc3)[C@H]1O2. The number of aryl methyl sites for hydroxylation is 2. The first-order valence-corrected chi connectivity index (χ1v) is 11.5. The molecular weight excluding hydrogens is 430 g/mol. The molecule has 3 aromatic rings. The molecule has 7 nitrogen and oxygen atoms in total. The van der Waals surface area contributed by atoms with E-state index in [1.165, 1.54) is 17.5 Å². The first-order chi connectivity index (χ1) is 15.3. The van der Waals surface area contributed by atoms with Crippen LogP contribution in [0.5, 0.6) is 11.5 Å². The van der Waals surface area contributed by atoms with Gasteiger partial charge in [0.05, 0.1) is 23.6 Å². The number of aromatic hydroxyl groups is 1. The van der Waals surface area contributed by atoms with E-state index >= 15 is 0 Å². The Balaban J connectivity index is 1.76. The van der Waals surface area contributed by atoms with Crippen molar-refractivity contribution in [1.82, 2.24) is 0 Å². The number of methoxy groups -OCH3 is 1. The summed E-state index contributed by atoms with van der Waals surface area (Å²) in [6, 6.07) is 15.0. The molecule has 0 aromatic heterocycles. The van der Waals surface area contributed by atoms with Crippen LogP contribution in [-0.2, 0) is 14.8 Å². The molecule has 1 N–H and O–H groups in total. The Bertz CT molecular complexity index is 1360. The van der Waals surface area contributed by atoms with E-state index in [9.17, 15) is 18.3 Å². The lowest BCUT2D eigenvalue weighted by atomic mass is 9.88. The van der Waals surface area contributed by atoms with E-state index in [4.69, 9.17) is 9.47 Å². The molecule has 0 saturated heterocycles. The second-order valence-corrected chi connectivity index (χ2v) is 9.79. The molecule has 0 aliphatic carbocycles. The smallest absolute Gasteiger partial charge is 0.342 e. The first-order valence-electron chi connectivity index (χ1n) is 10.1. The molecule has 0 fully saturated rings. The zero-order valence-electron chi connectivity index (χ0n) is 17.7. The summed E-state index contributed by atoms with van der Waals surface area (Å²) in [5.41, 5.74) is 3.35. The molecule has 0 bridgehead atoms. The van der Waals surface area contributed by atoms with E-state index in [1.807, 2.05) is 32.0 Å². The van der Waals surface area contributed by atoms with Gasteiger partial charge >= 0.3 is 5.97 Å². The molecule has 2 aliphatic rings. The number of benzene rings is 3. The molecule has 2 aliphatic heterocycles. The third kappa shape index (κ3) is 2.72. The van der Waals surface area contributed by atoms with Crippen LogP contribution in [0.4, 0.5) is 5.69 Å². The number of phenols is 1. The molecule has 0 unspecified atom stereocenters. The van der Waals surface area contributed by atoms with Crippen molar-refractivity contribution in [2.75, 3.05) is 11.4 Å². The van der Waals surface area contributed by atoms with E-state index in [1.54, 1.807) is 30.3 Å². The first kappa shape index (κ1) is 20.4. The number of hydrogen-bond acceptors (Lipinski definition) is 6. The second-order valence-electron chi connectivity index (χ2n) is 7.98. The summed E-state index contributed by atoms with van der Waals surface area (Å²) in [6.07, 6.45) is -0.933. The Labute approximate surface area is 185 Å². The number of phenolic OH excluding ortho intramolecular Hbond substituents is 1. The Morgan fingerprint density at radius 1 is 1.06 bits per heavy atom. The number of fused-ring (bicyclic) bond motifs is 5. The number of anilines is 1. The topological polar surface area (TPSA) is 93.1 Å². The number of para-hydroxylation sites is 1. The maximum Gasteiger partial charge on any atom is 0.342 e. The number of hydrogen-bond donors (Lipinski definition) is 1. The van der Waals surface area contributed by atoms with Gasteiger partial charge in [-0.15, -0.1) is 0 Å². The van der Waals surface area contributed by atoms with Gasteiger partial charge in [0.15, 0.2) is 6.23 Å². The van der Waals surface area contributed by atoms with Crippen molar-refractivity contribution < 1.29 is 27.8 Å². The molecule has 2 heterocycles. The molecule has 2 atom stereocenters. The summed E-state index contributed by atoms with van der Waals surface area (Å²) >= 11 is 0. The monoisotopic (exact) mass is 451 g/mol. The van der Waals surface area contributed by atoms with Gasteiger partial charge in [-0.05, 0) is 49.2 Å². The number of rotatable bonds is 3. The van der Waals surface area contributed by atoms with Crippen molar-refractivity contribution in [3.63, 3.8) is 0 Å². The number of carbonyl (C=O) groups excluding carboxylic acids is 1. The summed E-state index contributed by atoms with van der Waals surface area (Å²) < 4.78 is 39.9. The lowest BCUT2D eigenvalue weighted by molar-refractivity contribution is 0.0596. The van der Waals surface area contributed by atoms with Gasteiger partial charge in [0, 0.05) is 5.56 Å². The van der Waals surface area contributed by atoms with Gasteiger partial charge in [0.25, 0.3) is 10.0 Å². The minimum atomic E-state index is -3.98. The van der Waals surface area contributed by atoms with Crippen molar-refractivity contribution in [3.8, 4) is 11.5 Å². The molecule has 0 amide bonds. The van der Waals surface area contributed by atoms with E-state index < -0.39 is 28.1 Å². The van der Waals surface area contributed by atoms with Gasteiger partial charge in [0.1, 0.15) is 17.1 Å². The number of ether oxygens (including phenoxy) is 2. The van der Waals surface area contributed by atoms with E-state index in [2.05, 4.69) is 0 Å². The molecule has 8 heteroatoms. The fourth-order valence-electron chi connectivity index (χ4n) is 4.59. The van der Waals surface area contributed by atoms with Crippen molar-refractivity contribution >= 4 is 21.7 Å². The van der Waals surface area contributed by atoms with Crippen LogP contribution >= 0.6 is 0 Å². The fraction of sp³-hybridized carbons (Fsp3) is 0.208. The zero-order chi connectivity index (χ0) is 22.8. The van der Waals surface area contributed by atoms with Crippen LogP contribution in [-0.4, -0.2) is 32.8 Å². The van der Waals surface area contributed by atoms with Gasteiger partial charge in [-0.2, -0.15) is 0 Å². The van der Waals surface area contributed by atoms with Crippen LogP contribution in [0, 0.1) is 13.8 Å². The molecule has 164 valence electrons. The van der Waals surface area contributed by atoms with Crippen LogP contribution in [0.15, 0.2) is 59.5 Å². The van der Waals surface area contributed by atoms with Crippen molar-refractivity contribution in [2.45, 2.75) is 30.9 Å². The lowest BCUT2D eigenvalue weighted by Crippen LogP contribution is -2.41. The molecule has 32 heavy (non-hydrogen) atoms. The second kappa shape index (κ2) is 7.00. The summed E-state index contributed by atoms with van der Waals surface area (Å²) in [5, 5.41) is 10.4. The summed E-state index contributed by atoms with van der Waals surface area (Å²) in [7, 11) is -2.75. The molecular formula is C24H21NO6S. The van der Waals surface area contributed by atoms with Gasteiger partial charge in [0.2, 0.25) is 0 Å². The van der Waals surface area contributed by atoms with E-state index in [0.717, 1.165) is 11.1 Å². The van der Waals surface area contributed by atoms with Crippen molar-refractivity contribution in [3.05, 3.63) is 82.4 Å². The minimum Gasteiger partial charge on any atom is -0.507 e. The van der Waals surface area contributed by atoms with E-state index in [0.29, 0.717) is 22.6 Å². The summed E-state index contributed by atoms with van der Waals surface area (Å²) in [6.45, 7) is 3.72. The Morgan fingerprint density at radius 2 is 1.78 bits per heavy atom. The molecule has 0 radical (unpaired) electrons. The van der Waals surface area contributed by atoms with Crippen LogP contribution in [0.3, 0.4) is 0 Å². The van der Waals surface area contributed by atoms with Crippen molar-refractivity contribution in [2.24, 2.45) is 0 Å². The highest BCUT2D eigenvalue weighted by Gasteiger charge is 2.53. The minimum absolute atomic E-state index is 0.0143. The number of nitrogens with zero attached hydrogens (tertiary/aromatic N) is 1. The van der Waals surface area contributed by atoms with Crippen LogP contribution in [0.25, 0.3) is 0 Å². The average Bonchev–Trinajstić information content (AvgIpc) is 3.29. The lowest BCUT2D eigenvalue weighted by Gasteiger charge is -2.27. The third-order valence-electron chi connectivity index (χ3n) is 6.05. The Morgan fingerprint density at radius 3 is 2.47 bits per heavy atom. The van der Waals surface area contributed by atoms with E-state index in [-0.39, 0.29) is 16.2 Å². The standard InChI is InChI=1S/C24H21NO6S/c1-13-7-9-15(10-8-13)32(28,29)25-22-14(2)5-4-6-16(22)19-21-18(31-23(19)25)12-11-17(26)20(21)24(27)30-3/h4-12,19,23,26H,1-3H3/t19-,23+/m1/s1.